The fraction of sp³-hybridized carbons (Fsp3) is 0.182. The number of anilines is 1. The number of hydrogen-bond donors (Lipinski definition) is 1. The van der Waals surface area contributed by atoms with Gasteiger partial charge in [0.15, 0.2) is 5.82 Å². The van der Waals surface area contributed by atoms with Crippen molar-refractivity contribution in [3.05, 3.63) is 29.3 Å². The van der Waals surface area contributed by atoms with Crippen LogP contribution in [0.2, 0.25) is 5.02 Å². The van der Waals surface area contributed by atoms with Crippen molar-refractivity contribution in [2.24, 2.45) is 0 Å². The van der Waals surface area contributed by atoms with Crippen LogP contribution in [0.5, 0.6) is 6.01 Å². The van der Waals surface area contributed by atoms with E-state index >= 15 is 0 Å². The van der Waals surface area contributed by atoms with Gasteiger partial charge in [0.25, 0.3) is 0 Å². The van der Waals surface area contributed by atoms with Gasteiger partial charge in [-0.2, -0.15) is 15.0 Å². The Balaban J connectivity index is 2.44. The van der Waals surface area contributed by atoms with E-state index in [9.17, 15) is 0 Å². The largest absolute Gasteiger partial charge is 0.464 e. The quantitative estimate of drug-likeness (QED) is 0.904. The molecule has 88 valence electrons. The molecule has 0 aliphatic rings. The van der Waals surface area contributed by atoms with E-state index in [4.69, 9.17) is 22.1 Å². The van der Waals surface area contributed by atoms with Crippen LogP contribution in [0, 0.1) is 0 Å². The number of nitrogen functional groups attached to an aromatic ring is 1. The Hall–Kier alpha value is -1.88. The SMILES string of the molecule is CCOc1nc(N)nc(-c2cccc(Cl)c2)n1. The summed E-state index contributed by atoms with van der Waals surface area (Å²) in [5, 5.41) is 0.611. The predicted octanol–water partition coefficient (Wildman–Crippen LogP) is 2.17. The van der Waals surface area contributed by atoms with Crippen LogP contribution in [-0.4, -0.2) is 21.6 Å². The molecule has 2 aromatic rings. The summed E-state index contributed by atoms with van der Waals surface area (Å²) >= 11 is 5.90. The smallest absolute Gasteiger partial charge is 0.321 e. The second kappa shape index (κ2) is 4.97. The van der Waals surface area contributed by atoms with Crippen LogP contribution in [0.4, 0.5) is 5.95 Å². The molecule has 2 N–H and O–H groups in total. The van der Waals surface area contributed by atoms with E-state index < -0.39 is 0 Å². The average molecular weight is 251 g/mol. The zero-order chi connectivity index (χ0) is 12.3. The lowest BCUT2D eigenvalue weighted by atomic mass is 10.2. The first kappa shape index (κ1) is 11.6. The molecule has 0 aliphatic carbocycles. The lowest BCUT2D eigenvalue weighted by Crippen LogP contribution is -2.04. The molecule has 0 radical (unpaired) electrons. The standard InChI is InChI=1S/C11H11ClN4O/c1-2-17-11-15-9(14-10(13)16-11)7-4-3-5-8(12)6-7/h3-6H,2H2,1H3,(H2,13,14,15,16). The van der Waals surface area contributed by atoms with Crippen LogP contribution in [-0.2, 0) is 0 Å². The van der Waals surface area contributed by atoms with Crippen molar-refractivity contribution in [3.63, 3.8) is 0 Å². The minimum absolute atomic E-state index is 0.124. The maximum absolute atomic E-state index is 5.90. The van der Waals surface area contributed by atoms with Crippen molar-refractivity contribution in [2.75, 3.05) is 12.3 Å². The molecule has 1 heterocycles. The third-order valence-electron chi connectivity index (χ3n) is 1.99. The van der Waals surface area contributed by atoms with E-state index in [1.165, 1.54) is 0 Å². The number of aromatic nitrogens is 3. The Morgan fingerprint density at radius 1 is 1.29 bits per heavy atom. The van der Waals surface area contributed by atoms with Gasteiger partial charge in [-0.3, -0.25) is 0 Å². The van der Waals surface area contributed by atoms with Crippen LogP contribution in [0.25, 0.3) is 11.4 Å². The van der Waals surface area contributed by atoms with Gasteiger partial charge < -0.3 is 10.5 Å². The summed E-state index contributed by atoms with van der Waals surface area (Å²) in [6.07, 6.45) is 0. The van der Waals surface area contributed by atoms with Gasteiger partial charge in [-0.15, -0.1) is 0 Å². The van der Waals surface area contributed by atoms with Gasteiger partial charge >= 0.3 is 6.01 Å². The van der Waals surface area contributed by atoms with Gasteiger partial charge in [-0.25, -0.2) is 0 Å². The van der Waals surface area contributed by atoms with Crippen LogP contribution >= 0.6 is 11.6 Å². The minimum Gasteiger partial charge on any atom is -0.464 e. The molecule has 0 bridgehead atoms. The molecular weight excluding hydrogens is 240 g/mol. The second-order valence-electron chi connectivity index (χ2n) is 3.24. The molecule has 0 amide bonds. The van der Waals surface area contributed by atoms with E-state index in [2.05, 4.69) is 15.0 Å². The Labute approximate surface area is 104 Å². The lowest BCUT2D eigenvalue weighted by Gasteiger charge is -2.05. The lowest BCUT2D eigenvalue weighted by molar-refractivity contribution is 0.312. The zero-order valence-electron chi connectivity index (χ0n) is 9.22. The molecule has 1 aromatic heterocycles. The summed E-state index contributed by atoms with van der Waals surface area (Å²) in [5.41, 5.74) is 6.36. The van der Waals surface area contributed by atoms with Crippen molar-refractivity contribution in [1.29, 1.82) is 0 Å². The van der Waals surface area contributed by atoms with E-state index in [0.29, 0.717) is 17.5 Å². The van der Waals surface area contributed by atoms with Gasteiger partial charge in [-0.1, -0.05) is 23.7 Å². The van der Waals surface area contributed by atoms with Crippen LogP contribution in [0.1, 0.15) is 6.92 Å². The number of benzene rings is 1. The molecule has 5 nitrogen and oxygen atoms in total. The molecule has 1 aromatic carbocycles. The van der Waals surface area contributed by atoms with E-state index in [1.54, 1.807) is 12.1 Å². The molecule has 0 saturated heterocycles. The molecule has 0 aliphatic heterocycles. The van der Waals surface area contributed by atoms with E-state index in [-0.39, 0.29) is 12.0 Å². The minimum atomic E-state index is 0.124. The summed E-state index contributed by atoms with van der Waals surface area (Å²) in [5.74, 6) is 0.571. The number of rotatable bonds is 3. The van der Waals surface area contributed by atoms with Crippen LogP contribution in [0.3, 0.4) is 0 Å². The fourth-order valence-electron chi connectivity index (χ4n) is 1.32. The molecular formula is C11H11ClN4O. The molecule has 0 spiro atoms. The highest BCUT2D eigenvalue weighted by Crippen LogP contribution is 2.21. The first-order chi connectivity index (χ1) is 8.19. The van der Waals surface area contributed by atoms with Crippen molar-refractivity contribution < 1.29 is 4.74 Å². The Morgan fingerprint density at radius 2 is 2.12 bits per heavy atom. The third kappa shape index (κ3) is 2.82. The Morgan fingerprint density at radius 3 is 2.82 bits per heavy atom. The molecule has 0 saturated carbocycles. The molecule has 0 fully saturated rings. The highest BCUT2D eigenvalue weighted by Gasteiger charge is 2.07. The van der Waals surface area contributed by atoms with Crippen molar-refractivity contribution >= 4 is 17.5 Å². The highest BCUT2D eigenvalue weighted by molar-refractivity contribution is 6.30. The monoisotopic (exact) mass is 250 g/mol. The topological polar surface area (TPSA) is 73.9 Å². The van der Waals surface area contributed by atoms with Crippen molar-refractivity contribution in [2.45, 2.75) is 6.92 Å². The van der Waals surface area contributed by atoms with Crippen molar-refractivity contribution in [1.82, 2.24) is 15.0 Å². The predicted molar refractivity (Wildman–Crippen MR) is 65.9 cm³/mol. The summed E-state index contributed by atoms with van der Waals surface area (Å²) in [7, 11) is 0. The zero-order valence-corrected chi connectivity index (χ0v) is 9.98. The first-order valence-corrected chi connectivity index (χ1v) is 5.47. The number of hydrogen-bond acceptors (Lipinski definition) is 5. The average Bonchev–Trinajstić information content (AvgIpc) is 2.28. The van der Waals surface area contributed by atoms with Crippen LogP contribution in [0.15, 0.2) is 24.3 Å². The number of ether oxygens (including phenoxy) is 1. The van der Waals surface area contributed by atoms with E-state index in [0.717, 1.165) is 5.56 Å². The molecule has 2 rings (SSSR count). The summed E-state index contributed by atoms with van der Waals surface area (Å²) in [6.45, 7) is 2.32. The van der Waals surface area contributed by atoms with Crippen molar-refractivity contribution in [3.8, 4) is 17.4 Å². The molecule has 17 heavy (non-hydrogen) atoms. The Kier molecular flexibility index (Phi) is 3.39. The van der Waals surface area contributed by atoms with E-state index in [1.807, 2.05) is 19.1 Å². The molecule has 0 unspecified atom stereocenters. The van der Waals surface area contributed by atoms with Gasteiger partial charge in [0.05, 0.1) is 6.61 Å². The third-order valence-corrected chi connectivity index (χ3v) is 2.22. The highest BCUT2D eigenvalue weighted by atomic mass is 35.5. The van der Waals surface area contributed by atoms with Gasteiger partial charge in [-0.05, 0) is 19.1 Å². The Bertz CT molecular complexity index is 533. The maximum Gasteiger partial charge on any atom is 0.321 e. The number of nitrogens with two attached hydrogens (primary N) is 1. The number of nitrogens with zero attached hydrogens (tertiary/aromatic N) is 3. The summed E-state index contributed by atoms with van der Waals surface area (Å²) < 4.78 is 5.20. The molecule has 0 atom stereocenters. The number of halogens is 1. The van der Waals surface area contributed by atoms with Gasteiger partial charge in [0.1, 0.15) is 0 Å². The summed E-state index contributed by atoms with van der Waals surface area (Å²) in [6, 6.07) is 7.41. The summed E-state index contributed by atoms with van der Waals surface area (Å²) in [4.78, 5) is 12.1. The van der Waals surface area contributed by atoms with Gasteiger partial charge in [0.2, 0.25) is 5.95 Å². The van der Waals surface area contributed by atoms with Gasteiger partial charge in [0, 0.05) is 10.6 Å². The van der Waals surface area contributed by atoms with Crippen LogP contribution < -0.4 is 10.5 Å². The maximum atomic E-state index is 5.90. The normalized spacial score (nSPS) is 10.2. The fourth-order valence-corrected chi connectivity index (χ4v) is 1.51. The second-order valence-corrected chi connectivity index (χ2v) is 3.68. The molecule has 6 heteroatoms. The first-order valence-electron chi connectivity index (χ1n) is 5.09.